The van der Waals surface area contributed by atoms with Crippen molar-refractivity contribution in [2.24, 2.45) is 0 Å². The molecule has 0 spiro atoms. The van der Waals surface area contributed by atoms with Gasteiger partial charge in [-0.2, -0.15) is 0 Å². The molecule has 0 bridgehead atoms. The number of benzene rings is 2. The molecule has 0 saturated carbocycles. The van der Waals surface area contributed by atoms with Gasteiger partial charge in [-0.05, 0) is 35.6 Å². The van der Waals surface area contributed by atoms with Crippen molar-refractivity contribution in [2.45, 2.75) is 38.3 Å². The van der Waals surface area contributed by atoms with E-state index in [9.17, 15) is 0 Å². The molecule has 3 nitrogen and oxygen atoms in total. The van der Waals surface area contributed by atoms with E-state index in [-0.39, 0.29) is 0 Å². The Labute approximate surface area is 157 Å². The topological polar surface area (TPSA) is 9.72 Å². The number of para-hydroxylation sites is 1. The van der Waals surface area contributed by atoms with Gasteiger partial charge >= 0.3 is 0 Å². The molecule has 136 valence electrons. The maximum Gasteiger partial charge on any atom is 0.0644 e. The Morgan fingerprint density at radius 1 is 0.962 bits per heavy atom. The lowest BCUT2D eigenvalue weighted by atomic mass is 9.88. The summed E-state index contributed by atoms with van der Waals surface area (Å²) >= 11 is 0. The Balaban J connectivity index is 1.42. The van der Waals surface area contributed by atoms with Gasteiger partial charge < -0.3 is 9.80 Å². The molecule has 3 aliphatic rings. The number of rotatable bonds is 3. The average molecular weight is 348 g/mol. The van der Waals surface area contributed by atoms with Gasteiger partial charge in [-0.25, -0.2) is 0 Å². The lowest BCUT2D eigenvalue weighted by Gasteiger charge is -2.41. The summed E-state index contributed by atoms with van der Waals surface area (Å²) in [4.78, 5) is 7.85. The maximum absolute atomic E-state index is 2.73. The zero-order valence-electron chi connectivity index (χ0n) is 16.0. The monoisotopic (exact) mass is 347 g/mol. The summed E-state index contributed by atoms with van der Waals surface area (Å²) in [5.41, 5.74) is 7.58. The molecule has 3 heteroatoms. The maximum atomic E-state index is 2.73. The van der Waals surface area contributed by atoms with Gasteiger partial charge in [0, 0.05) is 51.7 Å². The highest BCUT2D eigenvalue weighted by Gasteiger charge is 2.44. The van der Waals surface area contributed by atoms with Crippen LogP contribution in [0.25, 0.3) is 0 Å². The first-order valence-corrected chi connectivity index (χ1v) is 10.2. The number of likely N-dealkylation sites (tertiary alicyclic amines) is 1. The Kier molecular flexibility index (Phi) is 3.93. The third-order valence-corrected chi connectivity index (χ3v) is 6.77. The third-order valence-electron chi connectivity index (χ3n) is 6.77. The summed E-state index contributed by atoms with van der Waals surface area (Å²) in [5, 5.41) is 0. The molecule has 1 fully saturated rings. The van der Waals surface area contributed by atoms with Crippen LogP contribution in [0.1, 0.15) is 36.0 Å². The predicted octanol–water partition coefficient (Wildman–Crippen LogP) is 3.88. The van der Waals surface area contributed by atoms with Crippen molar-refractivity contribution in [2.75, 3.05) is 43.0 Å². The van der Waals surface area contributed by atoms with E-state index >= 15 is 0 Å². The van der Waals surface area contributed by atoms with Crippen LogP contribution < -0.4 is 9.80 Å². The largest absolute Gasteiger partial charge is 0.371 e. The molecule has 2 atom stereocenters. The molecule has 0 amide bonds. The van der Waals surface area contributed by atoms with Gasteiger partial charge in [0.25, 0.3) is 0 Å². The standard InChI is InChI=1S/C23H29N3/c1-3-17-7-4-5-8-18(17)15-25-12-11-21-20(16-25)19-9-6-10-22-23(19)26(21)14-13-24(22)2/h4-10,20-21H,3,11-16H2,1-2H3/t20-,21-/m0/s1. The second-order valence-corrected chi connectivity index (χ2v) is 8.15. The summed E-state index contributed by atoms with van der Waals surface area (Å²) in [7, 11) is 2.24. The molecule has 2 aromatic carbocycles. The van der Waals surface area contributed by atoms with Crippen molar-refractivity contribution in [3.05, 3.63) is 59.2 Å². The second kappa shape index (κ2) is 6.31. The van der Waals surface area contributed by atoms with Crippen LogP contribution in [0.15, 0.2) is 42.5 Å². The van der Waals surface area contributed by atoms with Crippen LogP contribution in [0, 0.1) is 0 Å². The fourth-order valence-corrected chi connectivity index (χ4v) is 5.42. The Morgan fingerprint density at radius 3 is 2.65 bits per heavy atom. The molecule has 3 aliphatic heterocycles. The van der Waals surface area contributed by atoms with Crippen molar-refractivity contribution >= 4 is 11.4 Å². The number of hydrogen-bond donors (Lipinski definition) is 0. The van der Waals surface area contributed by atoms with E-state index in [2.05, 4.69) is 71.1 Å². The lowest BCUT2D eigenvalue weighted by Crippen LogP contribution is -2.49. The first kappa shape index (κ1) is 16.2. The molecule has 3 heterocycles. The van der Waals surface area contributed by atoms with E-state index in [0.29, 0.717) is 12.0 Å². The summed E-state index contributed by atoms with van der Waals surface area (Å²) in [6.07, 6.45) is 2.42. The highest BCUT2D eigenvalue weighted by atomic mass is 15.3. The van der Waals surface area contributed by atoms with Gasteiger partial charge in [-0.1, -0.05) is 43.3 Å². The molecule has 26 heavy (non-hydrogen) atoms. The van der Waals surface area contributed by atoms with Crippen LogP contribution in [0.3, 0.4) is 0 Å². The Morgan fingerprint density at radius 2 is 1.81 bits per heavy atom. The molecular weight excluding hydrogens is 318 g/mol. The fraction of sp³-hybridized carbons (Fsp3) is 0.478. The van der Waals surface area contributed by atoms with Crippen molar-refractivity contribution in [1.82, 2.24) is 4.90 Å². The Bertz CT molecular complexity index is 815. The van der Waals surface area contributed by atoms with E-state index < -0.39 is 0 Å². The predicted molar refractivity (Wildman–Crippen MR) is 109 cm³/mol. The van der Waals surface area contributed by atoms with Gasteiger partial charge in [-0.3, -0.25) is 4.90 Å². The van der Waals surface area contributed by atoms with Crippen molar-refractivity contribution in [3.8, 4) is 0 Å². The van der Waals surface area contributed by atoms with Gasteiger partial charge in [0.1, 0.15) is 0 Å². The molecular formula is C23H29N3. The van der Waals surface area contributed by atoms with Crippen molar-refractivity contribution < 1.29 is 0 Å². The second-order valence-electron chi connectivity index (χ2n) is 8.15. The van der Waals surface area contributed by atoms with Crippen molar-refractivity contribution in [3.63, 3.8) is 0 Å². The first-order valence-electron chi connectivity index (χ1n) is 10.2. The minimum atomic E-state index is 0.666. The number of piperidine rings is 1. The zero-order chi connectivity index (χ0) is 17.7. The van der Waals surface area contributed by atoms with E-state index in [0.717, 1.165) is 19.5 Å². The summed E-state index contributed by atoms with van der Waals surface area (Å²) < 4.78 is 0. The summed E-state index contributed by atoms with van der Waals surface area (Å²) in [6, 6.07) is 16.6. The van der Waals surface area contributed by atoms with Crippen molar-refractivity contribution in [1.29, 1.82) is 0 Å². The zero-order valence-corrected chi connectivity index (χ0v) is 16.0. The minimum absolute atomic E-state index is 0.666. The van der Waals surface area contributed by atoms with Crippen LogP contribution in [-0.4, -0.2) is 44.2 Å². The normalized spacial score (nSPS) is 24.5. The number of likely N-dealkylation sites (N-methyl/N-ethyl adjacent to an activating group) is 1. The quantitative estimate of drug-likeness (QED) is 0.834. The average Bonchev–Trinajstić information content (AvgIpc) is 3.00. The molecule has 0 unspecified atom stereocenters. The van der Waals surface area contributed by atoms with Gasteiger partial charge in [0.2, 0.25) is 0 Å². The molecule has 2 aromatic rings. The van der Waals surface area contributed by atoms with E-state index in [1.807, 2.05) is 0 Å². The lowest BCUT2D eigenvalue weighted by molar-refractivity contribution is 0.185. The van der Waals surface area contributed by atoms with Crippen LogP contribution in [0.5, 0.6) is 0 Å². The molecule has 5 rings (SSSR count). The van der Waals surface area contributed by atoms with E-state index in [4.69, 9.17) is 0 Å². The summed E-state index contributed by atoms with van der Waals surface area (Å²) in [6.45, 7) is 8.10. The minimum Gasteiger partial charge on any atom is -0.371 e. The van der Waals surface area contributed by atoms with Crippen LogP contribution >= 0.6 is 0 Å². The number of aryl methyl sites for hydroxylation is 1. The number of anilines is 2. The van der Waals surface area contributed by atoms with Gasteiger partial charge in [0.05, 0.1) is 11.4 Å². The van der Waals surface area contributed by atoms with Gasteiger partial charge in [-0.15, -0.1) is 0 Å². The highest BCUT2D eigenvalue weighted by Crippen LogP contribution is 2.50. The smallest absolute Gasteiger partial charge is 0.0644 e. The number of nitrogens with zero attached hydrogens (tertiary/aromatic N) is 3. The van der Waals surface area contributed by atoms with Crippen LogP contribution in [0.2, 0.25) is 0 Å². The molecule has 0 N–H and O–H groups in total. The molecule has 0 aliphatic carbocycles. The van der Waals surface area contributed by atoms with Crippen LogP contribution in [-0.2, 0) is 13.0 Å². The SMILES string of the molecule is CCc1ccccc1CN1CC[C@H]2[C@@H](C1)c1cccc3c1N2CCN3C. The summed E-state index contributed by atoms with van der Waals surface area (Å²) in [5.74, 6) is 0.666. The number of hydrogen-bond acceptors (Lipinski definition) is 3. The van der Waals surface area contributed by atoms with Crippen LogP contribution in [0.4, 0.5) is 11.4 Å². The van der Waals surface area contributed by atoms with E-state index in [1.165, 1.54) is 48.6 Å². The molecule has 0 aromatic heterocycles. The Hall–Kier alpha value is -2.00. The van der Waals surface area contributed by atoms with Gasteiger partial charge in [0.15, 0.2) is 0 Å². The fourth-order valence-electron chi connectivity index (χ4n) is 5.42. The first-order chi connectivity index (χ1) is 12.8. The third kappa shape index (κ3) is 2.44. The number of fused-ring (bicyclic) bond motifs is 3. The molecule has 0 radical (unpaired) electrons. The molecule has 1 saturated heterocycles. The van der Waals surface area contributed by atoms with E-state index in [1.54, 1.807) is 5.56 Å². The highest BCUT2D eigenvalue weighted by molar-refractivity contribution is 5.80.